The minimum Gasteiger partial charge on any atom is -0.492 e. The van der Waals surface area contributed by atoms with Gasteiger partial charge in [-0.3, -0.25) is 30.6 Å². The van der Waals surface area contributed by atoms with Gasteiger partial charge >= 0.3 is 0 Å². The number of carbonyl (C=O) groups is 3. The Morgan fingerprint density at radius 2 is 1.70 bits per heavy atom. The Morgan fingerprint density at radius 3 is 2.39 bits per heavy atom. The molecule has 0 saturated carbocycles. The second-order valence-electron chi connectivity index (χ2n) is 7.56. The third-order valence-electron chi connectivity index (χ3n) is 4.21. The van der Waals surface area contributed by atoms with Crippen molar-refractivity contribution < 1.29 is 19.1 Å². The summed E-state index contributed by atoms with van der Waals surface area (Å²) in [5.74, 6) is -0.443. The smallest absolute Gasteiger partial charge is 0.261 e. The molecule has 0 aliphatic carbocycles. The molecule has 0 heterocycles. The normalized spacial score (nSPS) is 10.3. The molecule has 176 valence electrons. The fraction of sp³-hybridized carbons (Fsp3) is 0.304. The maximum Gasteiger partial charge on any atom is 0.261 e. The lowest BCUT2D eigenvalue weighted by atomic mass is 10.2. The van der Waals surface area contributed by atoms with Crippen LogP contribution in [0.4, 0.5) is 0 Å². The first-order valence-electron chi connectivity index (χ1n) is 10.4. The number of rotatable bonds is 9. The number of ether oxygens (including phenoxy) is 1. The van der Waals surface area contributed by atoms with Crippen LogP contribution in [-0.2, 0) is 16.1 Å². The van der Waals surface area contributed by atoms with Crippen molar-refractivity contribution in [2.45, 2.75) is 33.2 Å². The number of hydrogen-bond acceptors (Lipinski definition) is 5. The second-order valence-corrected chi connectivity index (χ2v) is 8.89. The van der Waals surface area contributed by atoms with E-state index in [0.29, 0.717) is 34.9 Å². The zero-order valence-corrected chi connectivity index (χ0v) is 20.8. The minimum atomic E-state index is -0.484. The maximum atomic E-state index is 12.6. The molecule has 0 fully saturated rings. The fourth-order valence-corrected chi connectivity index (χ4v) is 3.07. The summed E-state index contributed by atoms with van der Waals surface area (Å²) in [6.07, 6.45) is -0.0168. The van der Waals surface area contributed by atoms with Gasteiger partial charge in [0, 0.05) is 23.9 Å². The van der Waals surface area contributed by atoms with Crippen molar-refractivity contribution >= 4 is 51.0 Å². The molecule has 2 rings (SSSR count). The van der Waals surface area contributed by atoms with Crippen LogP contribution in [0, 0.1) is 5.92 Å². The monoisotopic (exact) mass is 534 g/mol. The topological polar surface area (TPSA) is 109 Å². The van der Waals surface area contributed by atoms with Crippen LogP contribution in [0.5, 0.6) is 5.75 Å². The summed E-state index contributed by atoms with van der Waals surface area (Å²) in [7, 11) is 0. The molecule has 2 aromatic carbocycles. The number of carbonyl (C=O) groups excluding carboxylic acids is 3. The van der Waals surface area contributed by atoms with Crippen LogP contribution in [0.15, 0.2) is 53.0 Å². The zero-order chi connectivity index (χ0) is 24.2. The Labute approximate surface area is 206 Å². The highest BCUT2D eigenvalue weighted by molar-refractivity contribution is 9.10. The third kappa shape index (κ3) is 10.0. The fourth-order valence-electron chi connectivity index (χ4n) is 2.56. The van der Waals surface area contributed by atoms with Crippen molar-refractivity contribution in [3.05, 3.63) is 64.1 Å². The SMILES string of the molecule is CC(C)COc1ccc(Br)cc1C(=O)NC(=S)NNC(=O)CCC(=O)NCc1ccccc1. The Balaban J connectivity index is 1.74. The summed E-state index contributed by atoms with van der Waals surface area (Å²) in [5.41, 5.74) is 6.11. The van der Waals surface area contributed by atoms with Gasteiger partial charge in [0.2, 0.25) is 11.8 Å². The summed E-state index contributed by atoms with van der Waals surface area (Å²) >= 11 is 8.41. The number of amides is 3. The lowest BCUT2D eigenvalue weighted by Gasteiger charge is -2.15. The molecule has 4 N–H and O–H groups in total. The molecule has 3 amide bonds. The first-order valence-corrected chi connectivity index (χ1v) is 11.6. The van der Waals surface area contributed by atoms with E-state index in [1.165, 1.54) is 0 Å². The van der Waals surface area contributed by atoms with Gasteiger partial charge in [-0.1, -0.05) is 60.1 Å². The molecule has 0 aromatic heterocycles. The highest BCUT2D eigenvalue weighted by Gasteiger charge is 2.16. The van der Waals surface area contributed by atoms with Crippen LogP contribution in [-0.4, -0.2) is 29.4 Å². The van der Waals surface area contributed by atoms with E-state index in [0.717, 1.165) is 5.56 Å². The van der Waals surface area contributed by atoms with E-state index in [9.17, 15) is 14.4 Å². The number of nitrogens with one attached hydrogen (secondary N) is 4. The molecular weight excluding hydrogens is 508 g/mol. The van der Waals surface area contributed by atoms with Gasteiger partial charge in [0.1, 0.15) is 5.75 Å². The number of benzene rings is 2. The van der Waals surface area contributed by atoms with Gasteiger partial charge in [-0.2, -0.15) is 0 Å². The largest absolute Gasteiger partial charge is 0.492 e. The van der Waals surface area contributed by atoms with Gasteiger partial charge in [-0.05, 0) is 41.9 Å². The highest BCUT2D eigenvalue weighted by atomic mass is 79.9. The summed E-state index contributed by atoms with van der Waals surface area (Å²) in [6.45, 7) is 4.87. The Kier molecular flexibility index (Phi) is 10.8. The molecule has 0 bridgehead atoms. The molecule has 0 atom stereocenters. The van der Waals surface area contributed by atoms with Crippen molar-refractivity contribution in [3.63, 3.8) is 0 Å². The van der Waals surface area contributed by atoms with E-state index in [-0.39, 0.29) is 23.9 Å². The average molecular weight is 535 g/mol. The number of halogens is 1. The van der Waals surface area contributed by atoms with E-state index < -0.39 is 11.8 Å². The molecule has 0 radical (unpaired) electrons. The van der Waals surface area contributed by atoms with Crippen molar-refractivity contribution in [2.75, 3.05) is 6.61 Å². The summed E-state index contributed by atoms with van der Waals surface area (Å²) in [4.78, 5) is 36.5. The molecular formula is C23H27BrN4O4S. The van der Waals surface area contributed by atoms with E-state index in [1.54, 1.807) is 18.2 Å². The molecule has 8 nitrogen and oxygen atoms in total. The van der Waals surface area contributed by atoms with Crippen molar-refractivity contribution in [1.29, 1.82) is 0 Å². The van der Waals surface area contributed by atoms with Gasteiger partial charge in [0.25, 0.3) is 5.91 Å². The Morgan fingerprint density at radius 1 is 1.00 bits per heavy atom. The van der Waals surface area contributed by atoms with Crippen molar-refractivity contribution in [2.24, 2.45) is 5.92 Å². The predicted molar refractivity (Wildman–Crippen MR) is 133 cm³/mol. The maximum absolute atomic E-state index is 12.6. The molecule has 0 aliphatic heterocycles. The third-order valence-corrected chi connectivity index (χ3v) is 4.91. The zero-order valence-electron chi connectivity index (χ0n) is 18.4. The van der Waals surface area contributed by atoms with Gasteiger partial charge < -0.3 is 10.1 Å². The van der Waals surface area contributed by atoms with Crippen molar-refractivity contribution in [3.8, 4) is 5.75 Å². The van der Waals surface area contributed by atoms with E-state index in [2.05, 4.69) is 37.4 Å². The predicted octanol–water partition coefficient (Wildman–Crippen LogP) is 3.22. The van der Waals surface area contributed by atoms with Gasteiger partial charge in [-0.15, -0.1) is 0 Å². The van der Waals surface area contributed by atoms with Gasteiger partial charge in [-0.25, -0.2) is 0 Å². The lowest BCUT2D eigenvalue weighted by Crippen LogP contribution is -2.48. The number of thiocarbonyl (C=S) groups is 1. The quantitative estimate of drug-likeness (QED) is 0.290. The standard InChI is InChI=1S/C23H27BrN4O4S/c1-15(2)14-32-19-9-8-17(24)12-18(19)22(31)26-23(33)28-27-21(30)11-10-20(29)25-13-16-6-4-3-5-7-16/h3-9,12,15H,10-11,13-14H2,1-2H3,(H,25,29)(H,27,30)(H2,26,28,31,33). The van der Waals surface area contributed by atoms with Crippen LogP contribution in [0.3, 0.4) is 0 Å². The molecule has 2 aromatic rings. The van der Waals surface area contributed by atoms with Crippen molar-refractivity contribution in [1.82, 2.24) is 21.5 Å². The van der Waals surface area contributed by atoms with Crippen LogP contribution in [0.25, 0.3) is 0 Å². The molecule has 0 saturated heterocycles. The number of hydrazine groups is 1. The average Bonchev–Trinajstić information content (AvgIpc) is 2.79. The lowest BCUT2D eigenvalue weighted by molar-refractivity contribution is -0.126. The Bertz CT molecular complexity index is 986. The van der Waals surface area contributed by atoms with Gasteiger partial charge in [0.15, 0.2) is 5.11 Å². The molecule has 33 heavy (non-hydrogen) atoms. The van der Waals surface area contributed by atoms with E-state index >= 15 is 0 Å². The van der Waals surface area contributed by atoms with E-state index in [4.69, 9.17) is 17.0 Å². The van der Waals surface area contributed by atoms with Crippen LogP contribution >= 0.6 is 28.1 Å². The first kappa shape index (κ1) is 26.3. The number of hydrogen-bond donors (Lipinski definition) is 4. The summed E-state index contributed by atoms with van der Waals surface area (Å²) in [5, 5.41) is 5.16. The minimum absolute atomic E-state index is 0.0219. The second kappa shape index (κ2) is 13.5. The van der Waals surface area contributed by atoms with Gasteiger partial charge in [0.05, 0.1) is 12.2 Å². The summed E-state index contributed by atoms with van der Waals surface area (Å²) < 4.78 is 6.41. The molecule has 0 unspecified atom stereocenters. The highest BCUT2D eigenvalue weighted by Crippen LogP contribution is 2.23. The van der Waals surface area contributed by atoms with Crippen LogP contribution in [0.1, 0.15) is 42.6 Å². The molecule has 0 aliphatic rings. The van der Waals surface area contributed by atoms with Crippen LogP contribution < -0.4 is 26.2 Å². The van der Waals surface area contributed by atoms with Crippen LogP contribution in [0.2, 0.25) is 0 Å². The first-order chi connectivity index (χ1) is 15.7. The molecule has 0 spiro atoms. The summed E-state index contributed by atoms with van der Waals surface area (Å²) in [6, 6.07) is 14.6. The molecule has 10 heteroatoms. The van der Waals surface area contributed by atoms with E-state index in [1.807, 2.05) is 44.2 Å². The Hall–Kier alpha value is -2.98.